The van der Waals surface area contributed by atoms with Crippen molar-refractivity contribution in [3.8, 4) is 5.75 Å². The summed E-state index contributed by atoms with van der Waals surface area (Å²) >= 11 is 4.14. The fourth-order valence-electron chi connectivity index (χ4n) is 1.51. The Kier molecular flexibility index (Phi) is 5.51. The van der Waals surface area contributed by atoms with Gasteiger partial charge in [0.15, 0.2) is 0 Å². The molecule has 21 heavy (non-hydrogen) atoms. The molecule has 0 aromatic heterocycles. The second-order valence-corrected chi connectivity index (χ2v) is 6.44. The van der Waals surface area contributed by atoms with Gasteiger partial charge in [-0.05, 0) is 81.6 Å². The predicted molar refractivity (Wildman–Crippen MR) is 95.0 cm³/mol. The average molecular weight is 510 g/mol. The largest absolute Gasteiger partial charge is 0.506 e. The summed E-state index contributed by atoms with van der Waals surface area (Å²) in [5.41, 5.74) is 3.13. The van der Waals surface area contributed by atoms with Crippen LogP contribution < -0.4 is 5.43 Å². The van der Waals surface area contributed by atoms with Crippen molar-refractivity contribution in [2.45, 2.75) is 0 Å². The minimum absolute atomic E-state index is 0.107. The number of hydrogen-bond donors (Lipinski definition) is 2. The van der Waals surface area contributed by atoms with E-state index in [1.165, 1.54) is 30.5 Å². The van der Waals surface area contributed by atoms with Gasteiger partial charge in [-0.1, -0.05) is 0 Å². The number of carbonyl (C=O) groups excluding carboxylic acids is 1. The van der Waals surface area contributed by atoms with E-state index in [9.17, 15) is 14.3 Å². The third kappa shape index (κ3) is 4.37. The fourth-order valence-corrected chi connectivity index (χ4v) is 3.40. The maximum absolute atomic E-state index is 12.8. The van der Waals surface area contributed by atoms with Crippen LogP contribution in [0.25, 0.3) is 0 Å². The first-order valence-corrected chi connectivity index (χ1v) is 7.90. The lowest BCUT2D eigenvalue weighted by Gasteiger charge is -2.03. The zero-order valence-electron chi connectivity index (χ0n) is 10.5. The van der Waals surface area contributed by atoms with Crippen LogP contribution in [0.5, 0.6) is 5.75 Å². The van der Waals surface area contributed by atoms with Crippen LogP contribution in [-0.4, -0.2) is 17.2 Å². The van der Waals surface area contributed by atoms with Gasteiger partial charge in [0.2, 0.25) is 0 Å². The van der Waals surface area contributed by atoms with Crippen LogP contribution in [0.15, 0.2) is 41.5 Å². The summed E-state index contributed by atoms with van der Waals surface area (Å²) in [5, 5.41) is 13.7. The van der Waals surface area contributed by atoms with Crippen molar-refractivity contribution >= 4 is 57.3 Å². The van der Waals surface area contributed by atoms with Gasteiger partial charge >= 0.3 is 0 Å². The van der Waals surface area contributed by atoms with Crippen LogP contribution >= 0.6 is 45.2 Å². The molecule has 2 aromatic rings. The number of rotatable bonds is 3. The molecule has 0 unspecified atom stereocenters. The molecule has 0 heterocycles. The highest BCUT2D eigenvalue weighted by Gasteiger charge is 2.06. The number of hydrogen-bond acceptors (Lipinski definition) is 3. The number of phenols is 1. The number of nitrogens with one attached hydrogen (secondary N) is 1. The van der Waals surface area contributed by atoms with Gasteiger partial charge in [-0.3, -0.25) is 4.79 Å². The second-order valence-electron chi connectivity index (χ2n) is 4.03. The van der Waals surface area contributed by atoms with E-state index in [-0.39, 0.29) is 5.75 Å². The van der Waals surface area contributed by atoms with E-state index in [2.05, 4.69) is 33.1 Å². The number of benzene rings is 2. The van der Waals surface area contributed by atoms with Crippen LogP contribution in [0.1, 0.15) is 15.9 Å². The molecular formula is C14H9FI2N2O2. The van der Waals surface area contributed by atoms with Crippen LogP contribution in [0.2, 0.25) is 0 Å². The quantitative estimate of drug-likeness (QED) is 0.378. The molecule has 108 valence electrons. The Morgan fingerprint density at radius 3 is 2.57 bits per heavy atom. The van der Waals surface area contributed by atoms with E-state index in [0.717, 1.165) is 3.57 Å². The minimum atomic E-state index is -0.453. The molecule has 0 fully saturated rings. The average Bonchev–Trinajstić information content (AvgIpc) is 2.44. The monoisotopic (exact) mass is 510 g/mol. The first-order valence-electron chi connectivity index (χ1n) is 5.74. The van der Waals surface area contributed by atoms with Crippen molar-refractivity contribution in [1.82, 2.24) is 5.43 Å². The van der Waals surface area contributed by atoms with Gasteiger partial charge in [0, 0.05) is 14.7 Å². The summed E-state index contributed by atoms with van der Waals surface area (Å²) in [6, 6.07) is 8.70. The van der Waals surface area contributed by atoms with E-state index >= 15 is 0 Å². The molecule has 0 spiro atoms. The summed E-state index contributed by atoms with van der Waals surface area (Å²) in [6.07, 6.45) is 1.36. The molecule has 2 aromatic carbocycles. The Morgan fingerprint density at radius 2 is 1.90 bits per heavy atom. The van der Waals surface area contributed by atoms with Crippen LogP contribution in [0.3, 0.4) is 0 Å². The fraction of sp³-hybridized carbons (Fsp3) is 0. The molecule has 0 aliphatic heterocycles. The van der Waals surface area contributed by atoms with E-state index < -0.39 is 11.7 Å². The molecular weight excluding hydrogens is 501 g/mol. The number of hydrazone groups is 1. The molecule has 0 saturated heterocycles. The van der Waals surface area contributed by atoms with Crippen LogP contribution in [0, 0.1) is 13.0 Å². The Labute approximate surface area is 147 Å². The van der Waals surface area contributed by atoms with Gasteiger partial charge in [0.25, 0.3) is 5.91 Å². The predicted octanol–water partition coefficient (Wildman–Crippen LogP) is 3.50. The third-order valence-electron chi connectivity index (χ3n) is 2.53. The molecule has 0 bridgehead atoms. The van der Waals surface area contributed by atoms with Crippen molar-refractivity contribution in [3.05, 3.63) is 60.5 Å². The molecule has 1 amide bonds. The lowest BCUT2D eigenvalue weighted by molar-refractivity contribution is 0.0955. The maximum Gasteiger partial charge on any atom is 0.271 e. The van der Waals surface area contributed by atoms with Gasteiger partial charge in [-0.2, -0.15) is 5.10 Å². The van der Waals surface area contributed by atoms with Crippen LogP contribution in [0.4, 0.5) is 4.39 Å². The highest BCUT2D eigenvalue weighted by molar-refractivity contribution is 14.1. The topological polar surface area (TPSA) is 61.7 Å². The highest BCUT2D eigenvalue weighted by atomic mass is 127. The number of phenolic OH excluding ortho intramolecular Hbond substituents is 1. The van der Waals surface area contributed by atoms with Crippen LogP contribution in [-0.2, 0) is 0 Å². The Morgan fingerprint density at radius 1 is 1.24 bits per heavy atom. The third-order valence-corrected chi connectivity index (χ3v) is 3.98. The number of nitrogens with zero attached hydrogens (tertiary/aromatic N) is 1. The summed E-state index contributed by atoms with van der Waals surface area (Å²) in [7, 11) is 0. The zero-order valence-corrected chi connectivity index (χ0v) is 14.8. The number of halogens is 3. The molecule has 2 N–H and O–H groups in total. The SMILES string of the molecule is O=C(N/N=C/c1cc(I)cc(I)c1O)c1ccc(F)cc1. The normalized spacial score (nSPS) is 10.8. The molecule has 0 atom stereocenters. The van der Waals surface area contributed by atoms with E-state index in [0.29, 0.717) is 14.7 Å². The van der Waals surface area contributed by atoms with E-state index in [1.807, 2.05) is 28.7 Å². The lowest BCUT2D eigenvalue weighted by atomic mass is 10.2. The molecule has 7 heteroatoms. The summed E-state index contributed by atoms with van der Waals surface area (Å²) in [6.45, 7) is 0. The minimum Gasteiger partial charge on any atom is -0.506 e. The Balaban J connectivity index is 2.09. The molecule has 0 saturated carbocycles. The summed E-state index contributed by atoms with van der Waals surface area (Å²) < 4.78 is 14.4. The molecule has 0 aliphatic rings. The molecule has 0 radical (unpaired) electrons. The standard InChI is InChI=1S/C14H9FI2N2O2/c15-10-3-1-8(2-4-10)14(21)19-18-7-9-5-11(16)6-12(17)13(9)20/h1-7,20H,(H,19,21)/b18-7+. The van der Waals surface area contributed by atoms with Gasteiger partial charge in [-0.15, -0.1) is 0 Å². The van der Waals surface area contributed by atoms with Crippen molar-refractivity contribution in [2.75, 3.05) is 0 Å². The van der Waals surface area contributed by atoms with Gasteiger partial charge in [-0.25, -0.2) is 9.82 Å². The summed E-state index contributed by atoms with van der Waals surface area (Å²) in [4.78, 5) is 11.8. The molecule has 4 nitrogen and oxygen atoms in total. The smallest absolute Gasteiger partial charge is 0.271 e. The number of carbonyl (C=O) groups is 1. The van der Waals surface area contributed by atoms with Gasteiger partial charge < -0.3 is 5.11 Å². The Hall–Kier alpha value is -1.23. The first kappa shape index (κ1) is 16.1. The first-order chi connectivity index (χ1) is 9.97. The van der Waals surface area contributed by atoms with Crippen molar-refractivity contribution in [1.29, 1.82) is 0 Å². The number of amides is 1. The number of aromatic hydroxyl groups is 1. The van der Waals surface area contributed by atoms with Gasteiger partial charge in [0.1, 0.15) is 11.6 Å². The second kappa shape index (κ2) is 7.16. The zero-order chi connectivity index (χ0) is 15.4. The molecule has 2 rings (SSSR count). The van der Waals surface area contributed by atoms with Crippen molar-refractivity contribution in [3.63, 3.8) is 0 Å². The highest BCUT2D eigenvalue weighted by Crippen LogP contribution is 2.25. The maximum atomic E-state index is 12.8. The summed E-state index contributed by atoms with van der Waals surface area (Å²) in [5.74, 6) is -0.754. The van der Waals surface area contributed by atoms with E-state index in [1.54, 1.807) is 6.07 Å². The van der Waals surface area contributed by atoms with Crippen molar-refractivity contribution in [2.24, 2.45) is 5.10 Å². The van der Waals surface area contributed by atoms with Gasteiger partial charge in [0.05, 0.1) is 9.78 Å². The lowest BCUT2D eigenvalue weighted by Crippen LogP contribution is -2.17. The Bertz CT molecular complexity index is 703. The molecule has 0 aliphatic carbocycles. The van der Waals surface area contributed by atoms with E-state index in [4.69, 9.17) is 0 Å². The van der Waals surface area contributed by atoms with Crippen molar-refractivity contribution < 1.29 is 14.3 Å².